The van der Waals surface area contributed by atoms with Gasteiger partial charge in [0.2, 0.25) is 0 Å². The Hall–Kier alpha value is -8.15. The van der Waals surface area contributed by atoms with Crippen LogP contribution in [0.1, 0.15) is 63.5 Å². The molecule has 24 nitrogen and oxygen atoms in total. The largest absolute Gasteiger partial charge is 0.494 e. The van der Waals surface area contributed by atoms with Crippen molar-refractivity contribution in [2.75, 3.05) is 70.0 Å². The maximum atomic E-state index is 12.8. The van der Waals surface area contributed by atoms with Gasteiger partial charge in [0.1, 0.15) is 11.4 Å². The molecule has 4 aromatic heterocycles. The number of hydrogen-bond acceptors (Lipinski definition) is 16. The van der Waals surface area contributed by atoms with Crippen LogP contribution in [-0.2, 0) is 14.1 Å². The molecule has 5 N–H and O–H groups in total. The molecule has 0 atom stereocenters. The van der Waals surface area contributed by atoms with Gasteiger partial charge in [-0.25, -0.2) is 9.59 Å². The summed E-state index contributed by atoms with van der Waals surface area (Å²) in [5.74, 6) is 0.617. The smallest absolute Gasteiger partial charge is 0.326 e. The summed E-state index contributed by atoms with van der Waals surface area (Å²) >= 11 is 5.94. The number of ether oxygens (including phenoxy) is 2. The van der Waals surface area contributed by atoms with Crippen molar-refractivity contribution in [2.24, 2.45) is 14.1 Å². The Kier molecular flexibility index (Phi) is 19.5. The molecule has 0 radical (unpaired) electrons. The third kappa shape index (κ3) is 12.9. The molecule has 0 saturated carbocycles. The number of halogens is 1. The number of hydrogen-bond donors (Lipinski definition) is 5. The standard InChI is InChI=1S/C22H27N9O3.C16H16ClN7O2.C6H12N2O.2CH4/c1-13(2)30-9-10-31(22(30)33)18-11-16(19(27-26-18)21(32)23-3)25-15-8-6-7-14(20(15)34-5)17-12-24-29(4)28-17;1-18-16(25)14-11(7-13(17)21-22-14)20-10-6-4-5-9(15(10)26-3)12-8-19-24(2)23-12;1-5(2)8-4-3-7-6(8)9;;/h6-8,11-13H,9-10H2,1-5H3,(H,23,32)(H,25,26);4-8H,1-3H3,(H,18,25)(H,20,21);5H,3-4H2,1-2H3,(H,7,9);2*1H4. The van der Waals surface area contributed by atoms with Crippen LogP contribution in [0.25, 0.3) is 22.5 Å². The zero-order valence-corrected chi connectivity index (χ0v) is 40.7. The van der Waals surface area contributed by atoms with Gasteiger partial charge in [-0.3, -0.25) is 14.5 Å². The highest BCUT2D eigenvalue weighted by Crippen LogP contribution is 2.39. The van der Waals surface area contributed by atoms with Gasteiger partial charge in [-0.1, -0.05) is 38.6 Å². The summed E-state index contributed by atoms with van der Waals surface area (Å²) in [7, 11) is 9.60. The molecule has 2 saturated heterocycles. The lowest BCUT2D eigenvalue weighted by Gasteiger charge is -2.21. The third-order valence-corrected chi connectivity index (χ3v) is 10.8. The summed E-state index contributed by atoms with van der Waals surface area (Å²) in [5, 5.41) is 47.1. The summed E-state index contributed by atoms with van der Waals surface area (Å²) in [6.07, 6.45) is 3.28. The minimum Gasteiger partial charge on any atom is -0.494 e. The van der Waals surface area contributed by atoms with E-state index in [0.29, 0.717) is 70.6 Å². The number of nitrogens with zero attached hydrogens (tertiary/aromatic N) is 13. The van der Waals surface area contributed by atoms with Gasteiger partial charge in [-0.2, -0.15) is 30.0 Å². The van der Waals surface area contributed by atoms with E-state index in [2.05, 4.69) is 67.4 Å². The fourth-order valence-electron chi connectivity index (χ4n) is 7.21. The summed E-state index contributed by atoms with van der Waals surface area (Å²) in [6, 6.07) is 14.5. The Morgan fingerprint density at radius 2 is 1.17 bits per heavy atom. The van der Waals surface area contributed by atoms with Crippen molar-refractivity contribution in [3.05, 3.63) is 77.5 Å². The fraction of sp³-hybridized carbons (Fsp3) is 0.391. The molecule has 380 valence electrons. The first-order chi connectivity index (χ1) is 33.1. The number of para-hydroxylation sites is 2. The maximum absolute atomic E-state index is 12.8. The van der Waals surface area contributed by atoms with Crippen LogP contribution in [0, 0.1) is 0 Å². The zero-order valence-electron chi connectivity index (χ0n) is 39.9. The fourth-order valence-corrected chi connectivity index (χ4v) is 7.36. The van der Waals surface area contributed by atoms with E-state index in [-0.39, 0.29) is 55.4 Å². The number of urea groups is 2. The topological polar surface area (TPSA) is 270 Å². The molecule has 2 aliphatic rings. The molecule has 0 spiro atoms. The predicted octanol–water partition coefficient (Wildman–Crippen LogP) is 5.76. The molecular formula is C46H63ClN18O6. The Morgan fingerprint density at radius 1 is 0.676 bits per heavy atom. The van der Waals surface area contributed by atoms with Crippen molar-refractivity contribution >= 4 is 64.0 Å². The van der Waals surface area contributed by atoms with Crippen molar-refractivity contribution in [2.45, 2.75) is 54.6 Å². The average molecular weight is 1000 g/mol. The number of nitrogens with one attached hydrogen (secondary N) is 5. The molecule has 0 unspecified atom stereocenters. The summed E-state index contributed by atoms with van der Waals surface area (Å²) in [5.41, 5.74) is 4.97. The van der Waals surface area contributed by atoms with Gasteiger partial charge in [-0.05, 0) is 52.0 Å². The second-order valence-electron chi connectivity index (χ2n) is 15.8. The predicted molar refractivity (Wildman–Crippen MR) is 272 cm³/mol. The average Bonchev–Trinajstić information content (AvgIpc) is 4.17. The summed E-state index contributed by atoms with van der Waals surface area (Å²) < 4.78 is 11.2. The lowest BCUT2D eigenvalue weighted by molar-refractivity contribution is 0.0950. The van der Waals surface area contributed by atoms with E-state index in [4.69, 9.17) is 21.1 Å². The van der Waals surface area contributed by atoms with E-state index in [0.717, 1.165) is 24.2 Å². The number of anilines is 5. The molecule has 0 aliphatic carbocycles. The van der Waals surface area contributed by atoms with Crippen molar-refractivity contribution in [3.63, 3.8) is 0 Å². The van der Waals surface area contributed by atoms with Crippen LogP contribution in [0.2, 0.25) is 5.15 Å². The normalized spacial score (nSPS) is 12.7. The monoisotopic (exact) mass is 998 g/mol. The Labute approximate surface area is 417 Å². The number of carbonyl (C=O) groups excluding carboxylic acids is 4. The van der Waals surface area contributed by atoms with E-state index >= 15 is 0 Å². The van der Waals surface area contributed by atoms with Crippen LogP contribution in [0.15, 0.2) is 60.9 Å². The van der Waals surface area contributed by atoms with Crippen LogP contribution in [0.5, 0.6) is 11.5 Å². The van der Waals surface area contributed by atoms with Gasteiger partial charge in [0.25, 0.3) is 11.8 Å². The number of carbonyl (C=O) groups is 4. The number of aromatic nitrogens is 10. The Balaban J connectivity index is 0.000000262. The molecule has 25 heteroatoms. The second-order valence-corrected chi connectivity index (χ2v) is 16.1. The van der Waals surface area contributed by atoms with Gasteiger partial charge in [-0.15, -0.1) is 20.4 Å². The molecule has 0 bridgehead atoms. The highest BCUT2D eigenvalue weighted by molar-refractivity contribution is 6.29. The molecule has 2 fully saturated rings. The number of amides is 6. The van der Waals surface area contributed by atoms with Crippen LogP contribution in [-0.4, -0.2) is 151 Å². The van der Waals surface area contributed by atoms with Crippen LogP contribution < -0.4 is 41.0 Å². The number of rotatable bonds is 13. The van der Waals surface area contributed by atoms with Crippen molar-refractivity contribution in [1.82, 2.24) is 76.1 Å². The lowest BCUT2D eigenvalue weighted by atomic mass is 10.1. The first-order valence-corrected chi connectivity index (χ1v) is 22.1. The van der Waals surface area contributed by atoms with Crippen molar-refractivity contribution in [3.8, 4) is 34.0 Å². The molecule has 6 heterocycles. The van der Waals surface area contributed by atoms with Gasteiger partial charge < -0.3 is 45.9 Å². The molecule has 71 heavy (non-hydrogen) atoms. The minimum absolute atomic E-state index is 0. The summed E-state index contributed by atoms with van der Waals surface area (Å²) in [6.45, 7) is 10.7. The van der Waals surface area contributed by atoms with Gasteiger partial charge in [0, 0.05) is 89.7 Å². The third-order valence-electron chi connectivity index (χ3n) is 10.6. The number of benzene rings is 2. The van der Waals surface area contributed by atoms with Crippen LogP contribution in [0.3, 0.4) is 0 Å². The van der Waals surface area contributed by atoms with Gasteiger partial charge in [0.15, 0.2) is 33.9 Å². The molecule has 6 aromatic rings. The van der Waals surface area contributed by atoms with Crippen LogP contribution >= 0.6 is 11.6 Å². The molecular weight excluding hydrogens is 936 g/mol. The van der Waals surface area contributed by atoms with E-state index in [9.17, 15) is 19.2 Å². The SMILES string of the molecule is C.C.CC(C)N1CCNC1=O.CNC(=O)c1nnc(Cl)cc1Nc1cccc(-c2cnn(C)n2)c1OC.CNC(=O)c1nnc(N2CCN(C(C)C)C2=O)cc1Nc1cccc(-c2cnn(C)n2)c1OC. The lowest BCUT2D eigenvalue weighted by Crippen LogP contribution is -2.36. The van der Waals surface area contributed by atoms with Crippen LogP contribution in [0.4, 0.5) is 38.2 Å². The maximum Gasteiger partial charge on any atom is 0.326 e. The van der Waals surface area contributed by atoms with Gasteiger partial charge >= 0.3 is 12.1 Å². The second kappa shape index (κ2) is 24.9. The molecule has 6 amide bonds. The highest BCUT2D eigenvalue weighted by atomic mass is 35.5. The van der Waals surface area contributed by atoms with E-state index in [1.807, 2.05) is 62.9 Å². The number of aryl methyl sites for hydroxylation is 2. The minimum atomic E-state index is -0.415. The first kappa shape index (κ1) is 55.4. The molecule has 2 aliphatic heterocycles. The summed E-state index contributed by atoms with van der Waals surface area (Å²) in [4.78, 5) is 56.3. The highest BCUT2D eigenvalue weighted by Gasteiger charge is 2.33. The van der Waals surface area contributed by atoms with Crippen molar-refractivity contribution < 1.29 is 28.7 Å². The first-order valence-electron chi connectivity index (χ1n) is 21.7. The Bertz CT molecular complexity index is 2800. The Morgan fingerprint density at radius 3 is 1.56 bits per heavy atom. The van der Waals surface area contributed by atoms with Gasteiger partial charge in [0.05, 0.1) is 49.4 Å². The quantitative estimate of drug-likeness (QED) is 0.0920. The van der Waals surface area contributed by atoms with E-state index < -0.39 is 5.91 Å². The van der Waals surface area contributed by atoms with E-state index in [1.165, 1.54) is 29.8 Å². The molecule has 2 aromatic carbocycles. The zero-order chi connectivity index (χ0) is 49.9. The number of methoxy groups -OCH3 is 2. The van der Waals surface area contributed by atoms with E-state index in [1.54, 1.807) is 62.6 Å². The van der Waals surface area contributed by atoms with Crippen molar-refractivity contribution in [1.29, 1.82) is 0 Å². The molecule has 8 rings (SSSR count).